The van der Waals surface area contributed by atoms with E-state index >= 15 is 0 Å². The molecule has 4 heteroatoms. The molecule has 1 atom stereocenters. The summed E-state index contributed by atoms with van der Waals surface area (Å²) in [6, 6.07) is 0. The number of carbonyl (C=O) groups excluding carboxylic acids is 2. The smallest absolute Gasteiger partial charge is 0.229 e. The highest BCUT2D eigenvalue weighted by Crippen LogP contribution is 2.33. The van der Waals surface area contributed by atoms with E-state index in [1.54, 1.807) is 0 Å². The predicted molar refractivity (Wildman–Crippen MR) is 67.7 cm³/mol. The molecule has 1 saturated carbocycles. The van der Waals surface area contributed by atoms with Crippen molar-refractivity contribution in [2.75, 3.05) is 6.54 Å². The Labute approximate surface area is 108 Å². The van der Waals surface area contributed by atoms with E-state index in [4.69, 9.17) is 0 Å². The third kappa shape index (κ3) is 2.91. The van der Waals surface area contributed by atoms with Gasteiger partial charge in [-0.2, -0.15) is 0 Å². The number of aliphatic hydroxyl groups is 1. The van der Waals surface area contributed by atoms with E-state index < -0.39 is 6.10 Å². The summed E-state index contributed by atoms with van der Waals surface area (Å²) in [5.41, 5.74) is -0.233. The molecule has 4 nitrogen and oxygen atoms in total. The molecule has 0 aromatic carbocycles. The minimum Gasteiger partial charge on any atom is -0.391 e. The van der Waals surface area contributed by atoms with Gasteiger partial charge in [0, 0.05) is 12.8 Å². The maximum absolute atomic E-state index is 12.0. The van der Waals surface area contributed by atoms with Gasteiger partial charge in [0.2, 0.25) is 11.8 Å². The first-order valence-electron chi connectivity index (χ1n) is 6.90. The number of likely N-dealkylation sites (tertiary alicyclic amines) is 1. The molecule has 2 fully saturated rings. The molecule has 0 radical (unpaired) electrons. The second-order valence-corrected chi connectivity index (χ2v) is 6.53. The molecule has 2 amide bonds. The van der Waals surface area contributed by atoms with Crippen LogP contribution in [0, 0.1) is 11.3 Å². The van der Waals surface area contributed by atoms with E-state index in [0.29, 0.717) is 12.8 Å². The number of aliphatic hydroxyl groups excluding tert-OH is 1. The van der Waals surface area contributed by atoms with Gasteiger partial charge >= 0.3 is 0 Å². The van der Waals surface area contributed by atoms with Gasteiger partial charge in [-0.3, -0.25) is 14.5 Å². The molecule has 1 heterocycles. The number of amides is 2. The van der Waals surface area contributed by atoms with Crippen molar-refractivity contribution in [2.45, 2.75) is 58.5 Å². The summed E-state index contributed by atoms with van der Waals surface area (Å²) in [7, 11) is 0. The molecular formula is C14H23NO3. The first kappa shape index (κ1) is 13.5. The Morgan fingerprint density at radius 2 is 1.72 bits per heavy atom. The lowest BCUT2D eigenvalue weighted by Gasteiger charge is -2.36. The van der Waals surface area contributed by atoms with E-state index in [2.05, 4.69) is 0 Å². The molecule has 0 aromatic heterocycles. The van der Waals surface area contributed by atoms with Crippen molar-refractivity contribution in [1.82, 2.24) is 4.90 Å². The number of hydrogen-bond acceptors (Lipinski definition) is 3. The minimum atomic E-state index is -0.540. The average Bonchev–Trinajstić information content (AvgIpc) is 2.75. The fourth-order valence-electron chi connectivity index (χ4n) is 3.09. The molecule has 0 bridgehead atoms. The molecule has 102 valence electrons. The van der Waals surface area contributed by atoms with E-state index in [0.717, 1.165) is 25.7 Å². The summed E-state index contributed by atoms with van der Waals surface area (Å²) in [4.78, 5) is 25.2. The molecule has 1 N–H and O–H groups in total. The number of imide groups is 1. The second-order valence-electron chi connectivity index (χ2n) is 6.53. The third-order valence-corrected chi connectivity index (χ3v) is 4.18. The first-order valence-corrected chi connectivity index (χ1v) is 6.90. The fraction of sp³-hybridized carbons (Fsp3) is 0.857. The van der Waals surface area contributed by atoms with Gasteiger partial charge in [-0.15, -0.1) is 0 Å². The number of carbonyl (C=O) groups is 2. The quantitative estimate of drug-likeness (QED) is 0.779. The molecule has 0 spiro atoms. The third-order valence-electron chi connectivity index (χ3n) is 4.18. The largest absolute Gasteiger partial charge is 0.391 e. The van der Waals surface area contributed by atoms with Gasteiger partial charge in [0.15, 0.2) is 0 Å². The van der Waals surface area contributed by atoms with Crippen molar-refractivity contribution in [3.05, 3.63) is 0 Å². The van der Waals surface area contributed by atoms with Crippen molar-refractivity contribution in [1.29, 1.82) is 0 Å². The summed E-state index contributed by atoms with van der Waals surface area (Å²) in [6.07, 6.45) is 4.59. The van der Waals surface area contributed by atoms with Gasteiger partial charge in [0.1, 0.15) is 0 Å². The lowest BCUT2D eigenvalue weighted by Crippen LogP contribution is -2.49. The number of piperidine rings is 1. The fourth-order valence-corrected chi connectivity index (χ4v) is 3.09. The lowest BCUT2D eigenvalue weighted by atomic mass is 9.81. The molecule has 1 unspecified atom stereocenters. The summed E-state index contributed by atoms with van der Waals surface area (Å²) < 4.78 is 0. The van der Waals surface area contributed by atoms with Crippen LogP contribution in [0.1, 0.15) is 52.4 Å². The SMILES string of the molecule is CC1(C)CC(=O)N(CC(O)C2CCCC2)C(=O)C1. The summed E-state index contributed by atoms with van der Waals surface area (Å²) in [5, 5.41) is 10.1. The van der Waals surface area contributed by atoms with Gasteiger partial charge in [0.25, 0.3) is 0 Å². The van der Waals surface area contributed by atoms with Crippen LogP contribution in [0.15, 0.2) is 0 Å². The first-order chi connectivity index (χ1) is 8.39. The number of β-amino-alcohol motifs (C(OH)–C–C–N with tert-alkyl or cyclic N) is 1. The zero-order valence-corrected chi connectivity index (χ0v) is 11.3. The highest BCUT2D eigenvalue weighted by Gasteiger charge is 2.39. The van der Waals surface area contributed by atoms with Gasteiger partial charge in [-0.1, -0.05) is 26.7 Å². The maximum Gasteiger partial charge on any atom is 0.229 e. The number of hydrogen-bond donors (Lipinski definition) is 1. The standard InChI is InChI=1S/C14H23NO3/c1-14(2)7-12(17)15(13(18)8-14)9-11(16)10-5-3-4-6-10/h10-11,16H,3-9H2,1-2H3. The van der Waals surface area contributed by atoms with Crippen LogP contribution < -0.4 is 0 Å². The molecule has 18 heavy (non-hydrogen) atoms. The van der Waals surface area contributed by atoms with Gasteiger partial charge in [0.05, 0.1) is 12.6 Å². The van der Waals surface area contributed by atoms with Crippen molar-refractivity contribution in [3.8, 4) is 0 Å². The lowest BCUT2D eigenvalue weighted by molar-refractivity contribution is -0.154. The van der Waals surface area contributed by atoms with Crippen LogP contribution in [0.3, 0.4) is 0 Å². The van der Waals surface area contributed by atoms with Gasteiger partial charge in [-0.05, 0) is 24.2 Å². The Morgan fingerprint density at radius 1 is 1.22 bits per heavy atom. The van der Waals surface area contributed by atoms with E-state index in [1.165, 1.54) is 4.90 Å². The van der Waals surface area contributed by atoms with Crippen LogP contribution in [0.5, 0.6) is 0 Å². The normalized spacial score (nSPS) is 26.7. The summed E-state index contributed by atoms with van der Waals surface area (Å²) >= 11 is 0. The highest BCUT2D eigenvalue weighted by atomic mass is 16.3. The molecule has 2 rings (SSSR count). The molecule has 1 aliphatic heterocycles. The highest BCUT2D eigenvalue weighted by molar-refractivity contribution is 5.98. The monoisotopic (exact) mass is 253 g/mol. The second kappa shape index (κ2) is 5.00. The van der Waals surface area contributed by atoms with Crippen molar-refractivity contribution < 1.29 is 14.7 Å². The van der Waals surface area contributed by atoms with Crippen molar-refractivity contribution in [3.63, 3.8) is 0 Å². The maximum atomic E-state index is 12.0. The van der Waals surface area contributed by atoms with Crippen LogP contribution >= 0.6 is 0 Å². The molecular weight excluding hydrogens is 230 g/mol. The van der Waals surface area contributed by atoms with Gasteiger partial charge < -0.3 is 5.11 Å². The van der Waals surface area contributed by atoms with Crippen LogP contribution in [0.4, 0.5) is 0 Å². The average molecular weight is 253 g/mol. The number of rotatable bonds is 3. The minimum absolute atomic E-state index is 0.131. The van der Waals surface area contributed by atoms with E-state index in [-0.39, 0.29) is 29.7 Å². The Bertz CT molecular complexity index is 325. The topological polar surface area (TPSA) is 57.6 Å². The molecule has 1 saturated heterocycles. The Kier molecular flexibility index (Phi) is 3.76. The summed E-state index contributed by atoms with van der Waals surface area (Å²) in [5.74, 6) is 0.00197. The molecule has 2 aliphatic rings. The van der Waals surface area contributed by atoms with Crippen molar-refractivity contribution >= 4 is 11.8 Å². The van der Waals surface area contributed by atoms with E-state index in [1.807, 2.05) is 13.8 Å². The zero-order valence-electron chi connectivity index (χ0n) is 11.3. The van der Waals surface area contributed by atoms with Crippen LogP contribution in [-0.4, -0.2) is 34.5 Å². The van der Waals surface area contributed by atoms with Crippen molar-refractivity contribution in [2.24, 2.45) is 11.3 Å². The van der Waals surface area contributed by atoms with Crippen LogP contribution in [-0.2, 0) is 9.59 Å². The zero-order chi connectivity index (χ0) is 13.3. The van der Waals surface area contributed by atoms with Crippen LogP contribution in [0.25, 0.3) is 0 Å². The van der Waals surface area contributed by atoms with Crippen LogP contribution in [0.2, 0.25) is 0 Å². The molecule has 0 aromatic rings. The molecule has 1 aliphatic carbocycles. The predicted octanol–water partition coefficient (Wildman–Crippen LogP) is 1.71. The number of nitrogens with zero attached hydrogens (tertiary/aromatic N) is 1. The van der Waals surface area contributed by atoms with Gasteiger partial charge in [-0.25, -0.2) is 0 Å². The summed E-state index contributed by atoms with van der Waals surface area (Å²) in [6.45, 7) is 4.07. The Balaban J connectivity index is 1.96. The Morgan fingerprint density at radius 3 is 2.22 bits per heavy atom. The van der Waals surface area contributed by atoms with E-state index in [9.17, 15) is 14.7 Å². The Hall–Kier alpha value is -0.900.